The minimum absolute atomic E-state index is 0.153. The van der Waals surface area contributed by atoms with Crippen LogP contribution in [-0.2, 0) is 25.2 Å². The van der Waals surface area contributed by atoms with Crippen LogP contribution in [0.3, 0.4) is 0 Å². The molecule has 0 fully saturated rings. The molecular formula is C27H22ClF5N2O8. The molecule has 1 aliphatic rings. The van der Waals surface area contributed by atoms with Crippen LogP contribution in [0.5, 0.6) is 0 Å². The third-order valence-electron chi connectivity index (χ3n) is 6.19. The first-order valence-electron chi connectivity index (χ1n) is 12.1. The Morgan fingerprint density at radius 1 is 1.00 bits per heavy atom. The minimum Gasteiger partial charge on any atom is -0.478 e. The summed E-state index contributed by atoms with van der Waals surface area (Å²) in [5, 5.41) is 23.0. The number of nitrogens with one attached hydrogen (secondary N) is 2. The van der Waals surface area contributed by atoms with Gasteiger partial charge in [0.2, 0.25) is 0 Å². The number of benzene rings is 2. The number of carbonyl (C=O) groups is 4. The van der Waals surface area contributed by atoms with Gasteiger partial charge in [0.25, 0.3) is 5.91 Å². The summed E-state index contributed by atoms with van der Waals surface area (Å²) in [6.45, 7) is -2.85. The number of ether oxygens (including phenoxy) is 2. The Bertz CT molecular complexity index is 1520. The zero-order valence-corrected chi connectivity index (χ0v) is 22.7. The molecule has 16 heteroatoms. The highest BCUT2D eigenvalue weighted by Crippen LogP contribution is 2.47. The summed E-state index contributed by atoms with van der Waals surface area (Å²) in [6.07, 6.45) is -5.33. The predicted molar refractivity (Wildman–Crippen MR) is 139 cm³/mol. The highest BCUT2D eigenvalue weighted by molar-refractivity contribution is 6.31. The third-order valence-corrected chi connectivity index (χ3v) is 6.51. The first-order valence-corrected chi connectivity index (χ1v) is 12.5. The number of amides is 1. The van der Waals surface area contributed by atoms with Crippen molar-refractivity contribution in [3.05, 3.63) is 92.0 Å². The fourth-order valence-electron chi connectivity index (χ4n) is 4.43. The second kappa shape index (κ2) is 13.6. The number of hydrogen-bond acceptors (Lipinski definition) is 7. The normalized spacial score (nSPS) is 15.2. The second-order valence-electron chi connectivity index (χ2n) is 8.75. The first kappa shape index (κ1) is 33.0. The van der Waals surface area contributed by atoms with Crippen molar-refractivity contribution in [3.8, 4) is 0 Å². The van der Waals surface area contributed by atoms with Gasteiger partial charge in [-0.1, -0.05) is 23.7 Å². The average molecular weight is 633 g/mol. The maximum absolute atomic E-state index is 15.2. The number of halogens is 6. The van der Waals surface area contributed by atoms with Gasteiger partial charge in [-0.3, -0.25) is 4.79 Å². The van der Waals surface area contributed by atoms with Gasteiger partial charge < -0.3 is 30.3 Å². The molecule has 0 saturated carbocycles. The van der Waals surface area contributed by atoms with Crippen LogP contribution in [0.2, 0.25) is 5.02 Å². The van der Waals surface area contributed by atoms with Gasteiger partial charge in [0.1, 0.15) is 12.5 Å². The molecule has 2 aromatic carbocycles. The van der Waals surface area contributed by atoms with E-state index in [1.807, 2.05) is 0 Å². The van der Waals surface area contributed by atoms with E-state index in [0.717, 1.165) is 7.11 Å². The van der Waals surface area contributed by atoms with Crippen LogP contribution in [0, 0.1) is 5.82 Å². The number of hydrogen-bond donors (Lipinski definition) is 4. The zero-order valence-electron chi connectivity index (χ0n) is 22.0. The molecule has 0 aliphatic carbocycles. The van der Waals surface area contributed by atoms with Gasteiger partial charge in [-0.05, 0) is 24.3 Å². The van der Waals surface area contributed by atoms with E-state index in [0.29, 0.717) is 12.1 Å². The van der Waals surface area contributed by atoms with Gasteiger partial charge in [0.05, 0.1) is 70.5 Å². The molecule has 2 aromatic rings. The second-order valence-corrected chi connectivity index (χ2v) is 9.15. The number of carboxylic acids is 2. The number of esters is 1. The van der Waals surface area contributed by atoms with E-state index in [1.165, 1.54) is 24.3 Å². The van der Waals surface area contributed by atoms with E-state index in [2.05, 4.69) is 15.4 Å². The Morgan fingerprint density at radius 2 is 1.65 bits per heavy atom. The van der Waals surface area contributed by atoms with Crippen molar-refractivity contribution in [2.24, 2.45) is 0 Å². The van der Waals surface area contributed by atoms with Crippen LogP contribution >= 0.6 is 11.6 Å². The van der Waals surface area contributed by atoms with Crippen LogP contribution in [0.15, 0.2) is 58.9 Å². The van der Waals surface area contributed by atoms with E-state index in [9.17, 15) is 47.0 Å². The Morgan fingerprint density at radius 3 is 2.21 bits per heavy atom. The summed E-state index contributed by atoms with van der Waals surface area (Å²) in [7, 11) is 0.813. The van der Waals surface area contributed by atoms with E-state index < -0.39 is 93.7 Å². The number of carbonyl (C=O) groups excluding carboxylic acids is 2. The smallest absolute Gasteiger partial charge is 0.418 e. The van der Waals surface area contributed by atoms with Crippen molar-refractivity contribution < 1.29 is 60.8 Å². The Hall–Kier alpha value is -4.50. The van der Waals surface area contributed by atoms with Gasteiger partial charge in [0, 0.05) is 12.1 Å². The molecule has 1 amide bonds. The lowest BCUT2D eigenvalue weighted by Gasteiger charge is -2.32. The minimum atomic E-state index is -5.33. The standard InChI is InChI=1S/C27H22ClF5N2O8/c1-42-26(41)20-16(10-29)35-17(11-43-9-8-34-23(36)12-4-2-3-5-13(12)24(37)38)19(25(39)40)21(20)18-15(30)7-6-14(28)22(18)27(31,32)33/h2-7,21,35H,8-11H2,1H3,(H,34,36)(H,37,38)(H,39,40). The molecule has 0 aromatic heterocycles. The monoisotopic (exact) mass is 632 g/mol. The molecular weight excluding hydrogens is 611 g/mol. The van der Waals surface area contributed by atoms with Gasteiger partial charge in [-0.25, -0.2) is 23.2 Å². The van der Waals surface area contributed by atoms with Crippen LogP contribution in [0.1, 0.15) is 37.8 Å². The van der Waals surface area contributed by atoms with Gasteiger partial charge in [-0.2, -0.15) is 13.2 Å². The number of carboxylic acid groups (broad SMARTS) is 2. The lowest BCUT2D eigenvalue weighted by Crippen LogP contribution is -2.37. The van der Waals surface area contributed by atoms with Crippen molar-refractivity contribution in [1.82, 2.24) is 10.6 Å². The summed E-state index contributed by atoms with van der Waals surface area (Å²) in [6, 6.07) is 6.47. The zero-order chi connectivity index (χ0) is 32.1. The largest absolute Gasteiger partial charge is 0.478 e. The number of rotatable bonds is 11. The highest BCUT2D eigenvalue weighted by Gasteiger charge is 2.46. The van der Waals surface area contributed by atoms with E-state index in [-0.39, 0.29) is 24.3 Å². The summed E-state index contributed by atoms with van der Waals surface area (Å²) >= 11 is 5.75. The first-order chi connectivity index (χ1) is 20.2. The van der Waals surface area contributed by atoms with Crippen molar-refractivity contribution in [2.45, 2.75) is 12.1 Å². The van der Waals surface area contributed by atoms with E-state index >= 15 is 4.39 Å². The Kier molecular flexibility index (Phi) is 10.5. The van der Waals surface area contributed by atoms with Crippen LogP contribution in [0.4, 0.5) is 22.0 Å². The highest BCUT2D eigenvalue weighted by atomic mass is 35.5. The number of dihydropyridines is 1. The molecule has 4 N–H and O–H groups in total. The lowest BCUT2D eigenvalue weighted by molar-refractivity contribution is -0.140. The predicted octanol–water partition coefficient (Wildman–Crippen LogP) is 4.06. The molecule has 0 radical (unpaired) electrons. The molecule has 3 rings (SSSR count). The molecule has 1 atom stereocenters. The maximum Gasteiger partial charge on any atom is 0.418 e. The average Bonchev–Trinajstić information content (AvgIpc) is 2.95. The number of aliphatic carboxylic acids is 1. The molecule has 43 heavy (non-hydrogen) atoms. The Labute approximate surface area is 244 Å². The fraction of sp³-hybridized carbons (Fsp3) is 0.259. The number of alkyl halides is 4. The molecule has 1 heterocycles. The summed E-state index contributed by atoms with van der Waals surface area (Å²) in [5.74, 6) is -9.36. The topological polar surface area (TPSA) is 151 Å². The summed E-state index contributed by atoms with van der Waals surface area (Å²) in [5.41, 5.74) is -6.67. The number of aromatic carboxylic acids is 1. The van der Waals surface area contributed by atoms with Gasteiger partial charge in [0.15, 0.2) is 0 Å². The van der Waals surface area contributed by atoms with E-state index in [1.54, 1.807) is 0 Å². The Balaban J connectivity index is 1.98. The van der Waals surface area contributed by atoms with Crippen LogP contribution in [0.25, 0.3) is 0 Å². The molecule has 1 aliphatic heterocycles. The van der Waals surface area contributed by atoms with Crippen molar-refractivity contribution in [2.75, 3.05) is 33.5 Å². The van der Waals surface area contributed by atoms with Crippen molar-refractivity contribution in [3.63, 3.8) is 0 Å². The molecule has 10 nitrogen and oxygen atoms in total. The molecule has 0 bridgehead atoms. The van der Waals surface area contributed by atoms with Crippen LogP contribution < -0.4 is 10.6 Å². The molecule has 0 saturated heterocycles. The van der Waals surface area contributed by atoms with Crippen LogP contribution in [-0.4, -0.2) is 67.6 Å². The molecule has 1 unspecified atom stereocenters. The van der Waals surface area contributed by atoms with E-state index in [4.69, 9.17) is 16.3 Å². The van der Waals surface area contributed by atoms with Gasteiger partial charge >= 0.3 is 24.1 Å². The maximum atomic E-state index is 15.2. The summed E-state index contributed by atoms with van der Waals surface area (Å²) in [4.78, 5) is 48.8. The van der Waals surface area contributed by atoms with Crippen molar-refractivity contribution in [1.29, 1.82) is 0 Å². The third kappa shape index (κ3) is 7.11. The number of methoxy groups -OCH3 is 1. The summed E-state index contributed by atoms with van der Waals surface area (Å²) < 4.78 is 81.4. The van der Waals surface area contributed by atoms with Crippen molar-refractivity contribution >= 4 is 35.4 Å². The quantitative estimate of drug-likeness (QED) is 0.163. The molecule has 230 valence electrons. The lowest BCUT2D eigenvalue weighted by atomic mass is 9.78. The fourth-order valence-corrected chi connectivity index (χ4v) is 4.70. The SMILES string of the molecule is COC(=O)C1=C(CF)NC(COCCNC(=O)c2ccccc2C(=O)O)=C(C(=O)O)C1c1c(F)ccc(Cl)c1C(F)(F)F. The van der Waals surface area contributed by atoms with Gasteiger partial charge in [-0.15, -0.1) is 0 Å². The molecule has 0 spiro atoms. The number of allylic oxidation sites excluding steroid dienone is 1.